The van der Waals surface area contributed by atoms with Gasteiger partial charge < -0.3 is 14.8 Å². The second-order valence-electron chi connectivity index (χ2n) is 4.55. The maximum Gasteiger partial charge on any atom is 0.0704 e. The van der Waals surface area contributed by atoms with Crippen LogP contribution in [0.4, 0.5) is 0 Å². The minimum absolute atomic E-state index is 0.368. The number of ether oxygens (including phenoxy) is 2. The van der Waals surface area contributed by atoms with E-state index in [2.05, 4.69) is 19.2 Å². The van der Waals surface area contributed by atoms with Crippen LogP contribution >= 0.6 is 0 Å². The lowest BCUT2D eigenvalue weighted by molar-refractivity contribution is 0.0502. The van der Waals surface area contributed by atoms with Crippen LogP contribution in [0.3, 0.4) is 0 Å². The molecular weight excluding hydrogens is 178 g/mol. The fraction of sp³-hybridized carbons (Fsp3) is 1.00. The second kappa shape index (κ2) is 4.60. The van der Waals surface area contributed by atoms with Gasteiger partial charge in [-0.1, -0.05) is 0 Å². The third-order valence-electron chi connectivity index (χ3n) is 3.27. The highest BCUT2D eigenvalue weighted by Crippen LogP contribution is 2.21. The summed E-state index contributed by atoms with van der Waals surface area (Å²) in [5, 5.41) is 3.69. The summed E-state index contributed by atoms with van der Waals surface area (Å²) in [6.45, 7) is 6.15. The lowest BCUT2D eigenvalue weighted by Crippen LogP contribution is -2.44. The number of nitrogens with one attached hydrogen (secondary N) is 1. The highest BCUT2D eigenvalue weighted by Gasteiger charge is 2.31. The summed E-state index contributed by atoms with van der Waals surface area (Å²) < 4.78 is 11.1. The Morgan fingerprint density at radius 2 is 1.86 bits per heavy atom. The summed E-state index contributed by atoms with van der Waals surface area (Å²) in [5.74, 6) is 0. The van der Waals surface area contributed by atoms with E-state index in [0.29, 0.717) is 24.3 Å². The third kappa shape index (κ3) is 2.47. The van der Waals surface area contributed by atoms with E-state index < -0.39 is 0 Å². The van der Waals surface area contributed by atoms with Gasteiger partial charge in [0, 0.05) is 25.3 Å². The number of rotatable bonds is 2. The van der Waals surface area contributed by atoms with Crippen LogP contribution < -0.4 is 5.32 Å². The van der Waals surface area contributed by atoms with Gasteiger partial charge >= 0.3 is 0 Å². The van der Waals surface area contributed by atoms with Gasteiger partial charge in [0.25, 0.3) is 0 Å². The van der Waals surface area contributed by atoms with Crippen molar-refractivity contribution >= 4 is 0 Å². The Morgan fingerprint density at radius 3 is 2.43 bits per heavy atom. The van der Waals surface area contributed by atoms with E-state index in [1.165, 1.54) is 0 Å². The van der Waals surface area contributed by atoms with Gasteiger partial charge in [0.2, 0.25) is 0 Å². The van der Waals surface area contributed by atoms with Crippen molar-refractivity contribution in [2.24, 2.45) is 0 Å². The standard InChI is InChI=1S/C11H21NO2/c1-8-7-11(9(2)14-8)12-10-3-5-13-6-4-10/h8-12H,3-7H2,1-2H3. The van der Waals surface area contributed by atoms with E-state index in [4.69, 9.17) is 9.47 Å². The fourth-order valence-electron chi connectivity index (χ4n) is 2.44. The molecule has 0 amide bonds. The van der Waals surface area contributed by atoms with Crippen LogP contribution in [-0.4, -0.2) is 37.5 Å². The van der Waals surface area contributed by atoms with Crippen LogP contribution in [0.1, 0.15) is 33.1 Å². The summed E-state index contributed by atoms with van der Waals surface area (Å²) in [4.78, 5) is 0. The van der Waals surface area contributed by atoms with Gasteiger partial charge in [-0.05, 0) is 33.1 Å². The van der Waals surface area contributed by atoms with Gasteiger partial charge in [0.15, 0.2) is 0 Å². The first-order valence-electron chi connectivity index (χ1n) is 5.75. The Labute approximate surface area is 86.2 Å². The number of hydrogen-bond donors (Lipinski definition) is 1. The molecule has 0 aromatic carbocycles. The van der Waals surface area contributed by atoms with Gasteiger partial charge in [-0.15, -0.1) is 0 Å². The molecule has 0 aliphatic carbocycles. The molecule has 3 atom stereocenters. The molecule has 3 unspecified atom stereocenters. The SMILES string of the molecule is CC1CC(NC2CCOCC2)C(C)O1. The molecular formula is C11H21NO2. The fourth-order valence-corrected chi connectivity index (χ4v) is 2.44. The van der Waals surface area contributed by atoms with Crippen molar-refractivity contribution in [3.63, 3.8) is 0 Å². The monoisotopic (exact) mass is 199 g/mol. The smallest absolute Gasteiger partial charge is 0.0704 e. The van der Waals surface area contributed by atoms with Gasteiger partial charge in [0.1, 0.15) is 0 Å². The minimum atomic E-state index is 0.368. The predicted octanol–water partition coefficient (Wildman–Crippen LogP) is 1.32. The average molecular weight is 199 g/mol. The average Bonchev–Trinajstić information content (AvgIpc) is 2.47. The molecule has 2 heterocycles. The zero-order valence-electron chi connectivity index (χ0n) is 9.16. The highest BCUT2D eigenvalue weighted by atomic mass is 16.5. The molecule has 3 heteroatoms. The van der Waals surface area contributed by atoms with Crippen molar-refractivity contribution in [2.45, 2.75) is 57.4 Å². The lowest BCUT2D eigenvalue weighted by Gasteiger charge is -2.27. The molecule has 2 rings (SSSR count). The first-order chi connectivity index (χ1) is 6.75. The maximum atomic E-state index is 5.72. The van der Waals surface area contributed by atoms with Crippen LogP contribution in [0.15, 0.2) is 0 Å². The second-order valence-corrected chi connectivity index (χ2v) is 4.55. The largest absolute Gasteiger partial charge is 0.381 e. The summed E-state index contributed by atoms with van der Waals surface area (Å²) in [5.41, 5.74) is 0. The molecule has 2 fully saturated rings. The van der Waals surface area contributed by atoms with Crippen LogP contribution in [0.2, 0.25) is 0 Å². The van der Waals surface area contributed by atoms with E-state index in [0.717, 1.165) is 32.5 Å². The van der Waals surface area contributed by atoms with E-state index >= 15 is 0 Å². The Kier molecular flexibility index (Phi) is 3.42. The molecule has 2 aliphatic heterocycles. The highest BCUT2D eigenvalue weighted by molar-refractivity contribution is 4.86. The molecule has 2 aliphatic rings. The lowest BCUT2D eigenvalue weighted by atomic mass is 10.0. The molecule has 0 radical (unpaired) electrons. The Hall–Kier alpha value is -0.120. The van der Waals surface area contributed by atoms with Gasteiger partial charge in [-0.2, -0.15) is 0 Å². The molecule has 3 nitrogen and oxygen atoms in total. The summed E-state index contributed by atoms with van der Waals surface area (Å²) in [6.07, 6.45) is 4.24. The molecule has 0 aromatic heterocycles. The zero-order valence-corrected chi connectivity index (χ0v) is 9.16. The first-order valence-corrected chi connectivity index (χ1v) is 5.75. The quantitative estimate of drug-likeness (QED) is 0.727. The summed E-state index contributed by atoms with van der Waals surface area (Å²) in [7, 11) is 0. The molecule has 14 heavy (non-hydrogen) atoms. The third-order valence-corrected chi connectivity index (χ3v) is 3.27. The Morgan fingerprint density at radius 1 is 1.14 bits per heavy atom. The molecule has 0 spiro atoms. The Bertz CT molecular complexity index is 180. The van der Waals surface area contributed by atoms with Crippen LogP contribution in [-0.2, 0) is 9.47 Å². The molecule has 82 valence electrons. The molecule has 0 aromatic rings. The first kappa shape index (κ1) is 10.4. The van der Waals surface area contributed by atoms with Crippen molar-refractivity contribution in [1.29, 1.82) is 0 Å². The van der Waals surface area contributed by atoms with Crippen LogP contribution in [0, 0.1) is 0 Å². The van der Waals surface area contributed by atoms with Gasteiger partial charge in [0.05, 0.1) is 12.2 Å². The van der Waals surface area contributed by atoms with Crippen LogP contribution in [0.25, 0.3) is 0 Å². The zero-order chi connectivity index (χ0) is 9.97. The van der Waals surface area contributed by atoms with Crippen molar-refractivity contribution in [2.75, 3.05) is 13.2 Å². The van der Waals surface area contributed by atoms with Gasteiger partial charge in [-0.3, -0.25) is 0 Å². The minimum Gasteiger partial charge on any atom is -0.381 e. The number of hydrogen-bond acceptors (Lipinski definition) is 3. The van der Waals surface area contributed by atoms with Crippen molar-refractivity contribution < 1.29 is 9.47 Å². The molecule has 2 saturated heterocycles. The van der Waals surface area contributed by atoms with Crippen molar-refractivity contribution in [1.82, 2.24) is 5.32 Å². The maximum absolute atomic E-state index is 5.72. The van der Waals surface area contributed by atoms with E-state index in [-0.39, 0.29) is 0 Å². The summed E-state index contributed by atoms with van der Waals surface area (Å²) in [6, 6.07) is 1.19. The van der Waals surface area contributed by atoms with Crippen molar-refractivity contribution in [3.8, 4) is 0 Å². The molecule has 1 N–H and O–H groups in total. The molecule has 0 saturated carbocycles. The van der Waals surface area contributed by atoms with E-state index in [1.807, 2.05) is 0 Å². The van der Waals surface area contributed by atoms with Crippen LogP contribution in [0.5, 0.6) is 0 Å². The predicted molar refractivity (Wildman–Crippen MR) is 55.4 cm³/mol. The topological polar surface area (TPSA) is 30.5 Å². The Balaban J connectivity index is 1.78. The van der Waals surface area contributed by atoms with Crippen molar-refractivity contribution in [3.05, 3.63) is 0 Å². The van der Waals surface area contributed by atoms with E-state index in [9.17, 15) is 0 Å². The van der Waals surface area contributed by atoms with E-state index in [1.54, 1.807) is 0 Å². The molecule has 0 bridgehead atoms. The summed E-state index contributed by atoms with van der Waals surface area (Å²) >= 11 is 0. The normalized spacial score (nSPS) is 40.3. The van der Waals surface area contributed by atoms with Gasteiger partial charge in [-0.25, -0.2) is 0 Å².